The first kappa shape index (κ1) is 21.5. The van der Waals surface area contributed by atoms with Crippen LogP contribution in [0.5, 0.6) is 5.75 Å². The maximum absolute atomic E-state index is 12.2. The van der Waals surface area contributed by atoms with Crippen LogP contribution in [-0.4, -0.2) is 17.2 Å². The molecule has 6 heteroatoms. The van der Waals surface area contributed by atoms with Crippen LogP contribution in [-0.2, 0) is 11.2 Å². The van der Waals surface area contributed by atoms with Crippen LogP contribution in [0.2, 0.25) is 0 Å². The van der Waals surface area contributed by atoms with E-state index in [1.165, 1.54) is 27.8 Å². The minimum absolute atomic E-state index is 0.0855. The summed E-state index contributed by atoms with van der Waals surface area (Å²) in [5, 5.41) is 19.0. The molecule has 0 aliphatic carbocycles. The summed E-state index contributed by atoms with van der Waals surface area (Å²) in [4.78, 5) is 12.2. The van der Waals surface area contributed by atoms with E-state index in [0.717, 1.165) is 15.6 Å². The van der Waals surface area contributed by atoms with Crippen molar-refractivity contribution in [1.29, 1.82) is 0 Å². The smallest absolute Gasteiger partial charge is 0.240 e. The van der Waals surface area contributed by atoms with Gasteiger partial charge in [0.15, 0.2) is 0 Å². The number of rotatable bonds is 5. The van der Waals surface area contributed by atoms with Gasteiger partial charge in [-0.2, -0.15) is 5.10 Å². The zero-order valence-electron chi connectivity index (χ0n) is 16.8. The summed E-state index contributed by atoms with van der Waals surface area (Å²) in [7, 11) is 0. The molecule has 0 saturated heterocycles. The molecule has 0 spiro atoms. The van der Waals surface area contributed by atoms with Gasteiger partial charge in [0.05, 0.1) is 10.7 Å². The topological polar surface area (TPSA) is 61.7 Å². The summed E-state index contributed by atoms with van der Waals surface area (Å²) < 4.78 is 1.44. The summed E-state index contributed by atoms with van der Waals surface area (Å²) >= 11 is 6.80. The molecule has 0 aliphatic heterocycles. The normalized spacial score (nSPS) is 11.5. The van der Waals surface area contributed by atoms with Crippen LogP contribution in [0.3, 0.4) is 0 Å². The second kappa shape index (κ2) is 9.20. The van der Waals surface area contributed by atoms with Crippen molar-refractivity contribution in [1.82, 2.24) is 5.43 Å². The third kappa shape index (κ3) is 4.81. The third-order valence-electron chi connectivity index (χ3n) is 5.25. The van der Waals surface area contributed by atoms with Gasteiger partial charge in [0.2, 0.25) is 5.91 Å². The van der Waals surface area contributed by atoms with E-state index in [-0.39, 0.29) is 11.7 Å². The quantitative estimate of drug-likeness (QED) is 0.170. The van der Waals surface area contributed by atoms with Gasteiger partial charge in [-0.1, -0.05) is 58.4 Å². The van der Waals surface area contributed by atoms with Gasteiger partial charge in [-0.15, -0.1) is 0 Å². The predicted molar refractivity (Wildman–Crippen MR) is 134 cm³/mol. The molecule has 0 fully saturated rings. The Kier molecular flexibility index (Phi) is 6.39. The van der Waals surface area contributed by atoms with Gasteiger partial charge in [0.25, 0.3) is 0 Å². The molecule has 4 aromatic carbocycles. The number of hydrogen-bond donors (Lipinski definition) is 2. The largest absolute Gasteiger partial charge is 0.506 e. The molecule has 0 saturated carbocycles. The Bertz CT molecular complexity index is 1330. The number of nitrogens with zero attached hydrogens (tertiary/aromatic N) is 1. The van der Waals surface area contributed by atoms with Crippen molar-refractivity contribution in [2.45, 2.75) is 19.8 Å². The number of amides is 1. The van der Waals surface area contributed by atoms with E-state index in [9.17, 15) is 9.90 Å². The van der Waals surface area contributed by atoms with Crippen LogP contribution in [0.15, 0.2) is 74.7 Å². The van der Waals surface area contributed by atoms with E-state index in [2.05, 4.69) is 84.9 Å². The lowest BCUT2D eigenvalue weighted by molar-refractivity contribution is -0.121. The zero-order chi connectivity index (χ0) is 22.0. The Labute approximate surface area is 197 Å². The van der Waals surface area contributed by atoms with E-state index in [4.69, 9.17) is 0 Å². The number of carbonyl (C=O) groups is 1. The fourth-order valence-electron chi connectivity index (χ4n) is 3.45. The maximum Gasteiger partial charge on any atom is 0.240 e. The molecule has 4 nitrogen and oxygen atoms in total. The molecule has 0 aliphatic rings. The second-order valence-corrected chi connectivity index (χ2v) is 9.06. The summed E-state index contributed by atoms with van der Waals surface area (Å²) in [6.45, 7) is 1.88. The van der Waals surface area contributed by atoms with Crippen molar-refractivity contribution in [3.05, 3.63) is 86.3 Å². The van der Waals surface area contributed by atoms with Gasteiger partial charge >= 0.3 is 0 Å². The number of phenols is 1. The first-order valence-electron chi connectivity index (χ1n) is 9.83. The monoisotopic (exact) mass is 538 g/mol. The van der Waals surface area contributed by atoms with Crippen molar-refractivity contribution in [2.75, 3.05) is 0 Å². The minimum atomic E-state index is -0.181. The van der Waals surface area contributed by atoms with Gasteiger partial charge in [-0.3, -0.25) is 4.79 Å². The van der Waals surface area contributed by atoms with Crippen LogP contribution in [0.4, 0.5) is 0 Å². The Morgan fingerprint density at radius 3 is 2.42 bits per heavy atom. The first-order valence-corrected chi connectivity index (χ1v) is 11.4. The van der Waals surface area contributed by atoms with E-state index in [0.29, 0.717) is 22.9 Å². The van der Waals surface area contributed by atoms with E-state index in [1.807, 2.05) is 19.1 Å². The Morgan fingerprint density at radius 2 is 1.68 bits per heavy atom. The predicted octanol–water partition coefficient (Wildman–Crippen LogP) is 6.61. The number of aryl methyl sites for hydroxylation is 1. The Balaban J connectivity index is 1.40. The lowest BCUT2D eigenvalue weighted by Crippen LogP contribution is -2.17. The fraction of sp³-hybridized carbons (Fsp3) is 0.120. The molecule has 2 N–H and O–H groups in total. The van der Waals surface area contributed by atoms with Gasteiger partial charge < -0.3 is 5.11 Å². The number of hydrogen-bond acceptors (Lipinski definition) is 3. The molecule has 4 rings (SSSR count). The lowest BCUT2D eigenvalue weighted by atomic mass is 10.00. The van der Waals surface area contributed by atoms with Crippen LogP contribution >= 0.6 is 31.9 Å². The summed E-state index contributed by atoms with van der Waals surface area (Å²) in [6.07, 6.45) is 2.38. The number of hydrazone groups is 1. The van der Waals surface area contributed by atoms with Gasteiger partial charge in [-0.05, 0) is 80.1 Å². The SMILES string of the molecule is Cc1c(Br)cc(/C=N/NC(=O)CCc2ccc3cc4ccccc4cc3c2)c(O)c1Br. The standard InChI is InChI=1S/C25H20Br2N2O2/c1-15-22(26)13-21(25(31)24(15)27)14-28-29-23(30)9-7-16-6-8-19-11-17-4-2-3-5-18(17)12-20(19)10-16/h2-6,8,10-14,31H,7,9H2,1H3,(H,29,30)/b28-14+. The highest BCUT2D eigenvalue weighted by molar-refractivity contribution is 9.11. The van der Waals surface area contributed by atoms with Crippen LogP contribution < -0.4 is 5.43 Å². The third-order valence-corrected chi connectivity index (χ3v) is 7.05. The number of phenolic OH excluding ortho intramolecular Hbond substituents is 1. The maximum atomic E-state index is 12.2. The molecule has 4 aromatic rings. The molecular weight excluding hydrogens is 520 g/mol. The molecule has 0 bridgehead atoms. The number of carbonyl (C=O) groups excluding carboxylic acids is 1. The van der Waals surface area contributed by atoms with Crippen molar-refractivity contribution >= 4 is 65.5 Å². The lowest BCUT2D eigenvalue weighted by Gasteiger charge is -2.07. The molecule has 0 atom stereocenters. The summed E-state index contributed by atoms with van der Waals surface area (Å²) in [6, 6.07) is 20.7. The molecule has 0 radical (unpaired) electrons. The highest BCUT2D eigenvalue weighted by Gasteiger charge is 2.10. The molecular formula is C25H20Br2N2O2. The van der Waals surface area contributed by atoms with E-state index >= 15 is 0 Å². The average Bonchev–Trinajstić information content (AvgIpc) is 2.78. The van der Waals surface area contributed by atoms with E-state index in [1.54, 1.807) is 6.07 Å². The molecule has 1 amide bonds. The van der Waals surface area contributed by atoms with Crippen LogP contribution in [0.1, 0.15) is 23.1 Å². The summed E-state index contributed by atoms with van der Waals surface area (Å²) in [5.41, 5.74) is 5.03. The van der Waals surface area contributed by atoms with Gasteiger partial charge in [0.1, 0.15) is 5.75 Å². The number of benzene rings is 4. The van der Waals surface area contributed by atoms with Crippen molar-refractivity contribution in [3.8, 4) is 5.75 Å². The van der Waals surface area contributed by atoms with E-state index < -0.39 is 0 Å². The van der Waals surface area contributed by atoms with Gasteiger partial charge in [-0.25, -0.2) is 5.43 Å². The highest BCUT2D eigenvalue weighted by Crippen LogP contribution is 2.35. The fourth-order valence-corrected chi connectivity index (χ4v) is 4.61. The Morgan fingerprint density at radius 1 is 1.00 bits per heavy atom. The molecule has 0 aromatic heterocycles. The minimum Gasteiger partial charge on any atom is -0.506 e. The van der Waals surface area contributed by atoms with Crippen molar-refractivity contribution < 1.29 is 9.90 Å². The van der Waals surface area contributed by atoms with Gasteiger partial charge in [0, 0.05) is 16.5 Å². The Hall–Kier alpha value is -2.70. The number of fused-ring (bicyclic) bond motifs is 2. The number of nitrogens with one attached hydrogen (secondary N) is 1. The number of halogens is 2. The summed E-state index contributed by atoms with van der Waals surface area (Å²) in [5.74, 6) is -0.0954. The number of aromatic hydroxyl groups is 1. The van der Waals surface area contributed by atoms with Crippen LogP contribution in [0.25, 0.3) is 21.5 Å². The molecule has 0 unspecified atom stereocenters. The zero-order valence-corrected chi connectivity index (χ0v) is 20.0. The van der Waals surface area contributed by atoms with Crippen molar-refractivity contribution in [3.63, 3.8) is 0 Å². The highest BCUT2D eigenvalue weighted by atomic mass is 79.9. The second-order valence-electron chi connectivity index (χ2n) is 7.41. The van der Waals surface area contributed by atoms with Crippen LogP contribution in [0, 0.1) is 6.92 Å². The average molecular weight is 540 g/mol. The molecule has 156 valence electrons. The van der Waals surface area contributed by atoms with Crippen molar-refractivity contribution in [2.24, 2.45) is 5.10 Å². The molecule has 31 heavy (non-hydrogen) atoms. The first-order chi connectivity index (χ1) is 14.9. The molecule has 0 heterocycles.